The van der Waals surface area contributed by atoms with Crippen LogP contribution in [0.5, 0.6) is 0 Å². The zero-order valence-corrected chi connectivity index (χ0v) is 12.6. The van der Waals surface area contributed by atoms with E-state index in [0.717, 1.165) is 0 Å². The standard InChI is InChI=1S/C10H9BrF2INO2/c1-2-17-8(16)4-6-9(14)5(10(12)13)3-7(11)15-6/h3,10H,2,4H2,1H3. The number of hydrogen-bond donors (Lipinski definition) is 0. The molecule has 94 valence electrons. The largest absolute Gasteiger partial charge is 0.466 e. The van der Waals surface area contributed by atoms with Crippen LogP contribution in [0.4, 0.5) is 8.78 Å². The van der Waals surface area contributed by atoms with Gasteiger partial charge in [-0.3, -0.25) is 4.79 Å². The summed E-state index contributed by atoms with van der Waals surface area (Å²) in [6, 6.07) is 1.25. The van der Waals surface area contributed by atoms with Crippen molar-refractivity contribution in [2.45, 2.75) is 19.8 Å². The summed E-state index contributed by atoms with van der Waals surface area (Å²) in [7, 11) is 0. The Morgan fingerprint density at radius 1 is 1.65 bits per heavy atom. The van der Waals surface area contributed by atoms with Crippen molar-refractivity contribution in [3.05, 3.63) is 25.5 Å². The summed E-state index contributed by atoms with van der Waals surface area (Å²) in [5, 5.41) is 0. The summed E-state index contributed by atoms with van der Waals surface area (Å²) >= 11 is 4.81. The molecule has 1 aromatic rings. The number of hydrogen-bond acceptors (Lipinski definition) is 3. The summed E-state index contributed by atoms with van der Waals surface area (Å²) in [5.41, 5.74) is 0.167. The van der Waals surface area contributed by atoms with Gasteiger partial charge in [0, 0.05) is 9.13 Å². The van der Waals surface area contributed by atoms with E-state index in [1.807, 2.05) is 0 Å². The number of nitrogens with zero attached hydrogens (tertiary/aromatic N) is 1. The lowest BCUT2D eigenvalue weighted by atomic mass is 10.2. The number of esters is 1. The summed E-state index contributed by atoms with van der Waals surface area (Å²) in [4.78, 5) is 15.3. The van der Waals surface area contributed by atoms with Gasteiger partial charge in [0.1, 0.15) is 4.60 Å². The van der Waals surface area contributed by atoms with Crippen molar-refractivity contribution in [3.63, 3.8) is 0 Å². The molecule has 0 aliphatic heterocycles. The summed E-state index contributed by atoms with van der Waals surface area (Å²) < 4.78 is 30.7. The maximum Gasteiger partial charge on any atom is 0.311 e. The Labute approximate surface area is 119 Å². The first-order valence-electron chi connectivity index (χ1n) is 4.74. The molecule has 0 saturated carbocycles. The van der Waals surface area contributed by atoms with Crippen molar-refractivity contribution < 1.29 is 18.3 Å². The van der Waals surface area contributed by atoms with E-state index in [1.54, 1.807) is 29.5 Å². The van der Waals surface area contributed by atoms with Crippen LogP contribution in [0.3, 0.4) is 0 Å². The Balaban J connectivity index is 3.03. The fourth-order valence-electron chi connectivity index (χ4n) is 1.19. The van der Waals surface area contributed by atoms with Crippen LogP contribution >= 0.6 is 38.5 Å². The van der Waals surface area contributed by atoms with E-state index in [1.165, 1.54) is 6.07 Å². The van der Waals surface area contributed by atoms with E-state index in [9.17, 15) is 13.6 Å². The number of alkyl halides is 2. The molecule has 0 atom stereocenters. The van der Waals surface area contributed by atoms with Gasteiger partial charge in [0.15, 0.2) is 0 Å². The van der Waals surface area contributed by atoms with Gasteiger partial charge in [-0.2, -0.15) is 0 Å². The second-order valence-electron chi connectivity index (χ2n) is 3.08. The second kappa shape index (κ2) is 6.58. The SMILES string of the molecule is CCOC(=O)Cc1nc(Br)cc(C(F)F)c1I. The molecule has 0 N–H and O–H groups in total. The number of pyridine rings is 1. The smallest absolute Gasteiger partial charge is 0.311 e. The molecule has 0 aromatic carbocycles. The molecule has 17 heavy (non-hydrogen) atoms. The molecule has 7 heteroatoms. The Morgan fingerprint density at radius 3 is 2.82 bits per heavy atom. The first-order chi connectivity index (χ1) is 7.95. The van der Waals surface area contributed by atoms with Gasteiger partial charge in [-0.1, -0.05) is 0 Å². The van der Waals surface area contributed by atoms with E-state index >= 15 is 0 Å². The van der Waals surface area contributed by atoms with E-state index in [2.05, 4.69) is 20.9 Å². The first kappa shape index (κ1) is 14.7. The van der Waals surface area contributed by atoms with Crippen molar-refractivity contribution in [3.8, 4) is 0 Å². The Hall–Kier alpha value is -0.310. The summed E-state index contributed by atoms with van der Waals surface area (Å²) in [6.45, 7) is 1.94. The third-order valence-electron chi connectivity index (χ3n) is 1.88. The third kappa shape index (κ3) is 4.13. The molecule has 1 heterocycles. The quantitative estimate of drug-likeness (QED) is 0.426. The van der Waals surface area contributed by atoms with Crippen molar-refractivity contribution in [2.24, 2.45) is 0 Å². The minimum Gasteiger partial charge on any atom is -0.466 e. The highest BCUT2D eigenvalue weighted by molar-refractivity contribution is 14.1. The molecule has 0 radical (unpaired) electrons. The van der Waals surface area contributed by atoms with Gasteiger partial charge in [-0.05, 0) is 51.5 Å². The van der Waals surface area contributed by atoms with E-state index in [0.29, 0.717) is 9.26 Å². The molecule has 0 aliphatic carbocycles. The van der Waals surface area contributed by atoms with Crippen LogP contribution < -0.4 is 0 Å². The molecular formula is C10H9BrF2INO2. The average Bonchev–Trinajstić information content (AvgIpc) is 2.22. The molecule has 3 nitrogen and oxygen atoms in total. The molecule has 0 saturated heterocycles. The van der Waals surface area contributed by atoms with E-state index < -0.39 is 12.4 Å². The molecule has 1 aromatic heterocycles. The number of rotatable bonds is 4. The van der Waals surface area contributed by atoms with Gasteiger partial charge in [-0.25, -0.2) is 13.8 Å². The average molecular weight is 420 g/mol. The monoisotopic (exact) mass is 419 g/mol. The number of ether oxygens (including phenoxy) is 1. The first-order valence-corrected chi connectivity index (χ1v) is 6.61. The lowest BCUT2D eigenvalue weighted by molar-refractivity contribution is -0.142. The van der Waals surface area contributed by atoms with Gasteiger partial charge >= 0.3 is 5.97 Å². The Morgan fingerprint density at radius 2 is 2.29 bits per heavy atom. The summed E-state index contributed by atoms with van der Waals surface area (Å²) in [5.74, 6) is -0.476. The predicted molar refractivity (Wildman–Crippen MR) is 69.9 cm³/mol. The summed E-state index contributed by atoms with van der Waals surface area (Å²) in [6.07, 6.45) is -2.70. The Kier molecular flexibility index (Phi) is 5.71. The van der Waals surface area contributed by atoms with Crippen LogP contribution in [0, 0.1) is 3.57 Å². The van der Waals surface area contributed by atoms with E-state index in [-0.39, 0.29) is 23.2 Å². The van der Waals surface area contributed by atoms with Crippen molar-refractivity contribution in [2.75, 3.05) is 6.61 Å². The topological polar surface area (TPSA) is 39.2 Å². The van der Waals surface area contributed by atoms with Crippen molar-refractivity contribution >= 4 is 44.5 Å². The minimum atomic E-state index is -2.60. The predicted octanol–water partition coefficient (Wildman–Crippen LogP) is 3.49. The molecule has 0 bridgehead atoms. The van der Waals surface area contributed by atoms with Crippen LogP contribution in [0.25, 0.3) is 0 Å². The van der Waals surface area contributed by atoms with Crippen LogP contribution in [-0.2, 0) is 16.0 Å². The minimum absolute atomic E-state index is 0.106. The zero-order valence-electron chi connectivity index (χ0n) is 8.84. The fraction of sp³-hybridized carbons (Fsp3) is 0.400. The highest BCUT2D eigenvalue weighted by Crippen LogP contribution is 2.28. The fourth-order valence-corrected chi connectivity index (χ4v) is 2.36. The number of carbonyl (C=O) groups excluding carboxylic acids is 1. The molecule has 0 aliphatic rings. The van der Waals surface area contributed by atoms with Gasteiger partial charge in [-0.15, -0.1) is 0 Å². The lowest BCUT2D eigenvalue weighted by Crippen LogP contribution is -2.11. The molecular weight excluding hydrogens is 411 g/mol. The van der Waals surface area contributed by atoms with Crippen molar-refractivity contribution in [1.82, 2.24) is 4.98 Å². The van der Waals surface area contributed by atoms with Crippen LogP contribution in [0.15, 0.2) is 10.7 Å². The molecule has 0 amide bonds. The number of aromatic nitrogens is 1. The number of carbonyl (C=O) groups is 1. The second-order valence-corrected chi connectivity index (χ2v) is 4.97. The van der Waals surface area contributed by atoms with Gasteiger partial charge < -0.3 is 4.74 Å². The van der Waals surface area contributed by atoms with E-state index in [4.69, 9.17) is 4.74 Å². The molecule has 0 fully saturated rings. The molecule has 1 rings (SSSR count). The van der Waals surface area contributed by atoms with Crippen LogP contribution in [0.1, 0.15) is 24.6 Å². The van der Waals surface area contributed by atoms with Gasteiger partial charge in [0.25, 0.3) is 6.43 Å². The van der Waals surface area contributed by atoms with Crippen LogP contribution in [-0.4, -0.2) is 17.6 Å². The molecule has 0 unspecified atom stereocenters. The normalized spacial score (nSPS) is 10.7. The number of halogens is 4. The third-order valence-corrected chi connectivity index (χ3v) is 3.53. The highest BCUT2D eigenvalue weighted by atomic mass is 127. The molecule has 0 spiro atoms. The maximum atomic E-state index is 12.7. The maximum absolute atomic E-state index is 12.7. The lowest BCUT2D eigenvalue weighted by Gasteiger charge is -2.09. The van der Waals surface area contributed by atoms with Gasteiger partial charge in [0.05, 0.1) is 18.7 Å². The zero-order chi connectivity index (χ0) is 13.0. The Bertz CT molecular complexity index is 429. The highest BCUT2D eigenvalue weighted by Gasteiger charge is 2.19. The van der Waals surface area contributed by atoms with Crippen molar-refractivity contribution in [1.29, 1.82) is 0 Å². The van der Waals surface area contributed by atoms with Crippen LogP contribution in [0.2, 0.25) is 0 Å². The van der Waals surface area contributed by atoms with Gasteiger partial charge in [0.2, 0.25) is 0 Å².